The SMILES string of the molecule is C=C.CCC1CCNCC1. The maximum Gasteiger partial charge on any atom is -0.00463 e. The van der Waals surface area contributed by atoms with Crippen LogP contribution < -0.4 is 5.32 Å². The summed E-state index contributed by atoms with van der Waals surface area (Å²) in [7, 11) is 0. The predicted octanol–water partition coefficient (Wildman–Crippen LogP) is 2.20. The molecule has 1 saturated heterocycles. The molecule has 60 valence electrons. The number of piperidine rings is 1. The molecule has 0 spiro atoms. The van der Waals surface area contributed by atoms with E-state index in [1.54, 1.807) is 0 Å². The first-order valence-electron chi connectivity index (χ1n) is 4.14. The smallest absolute Gasteiger partial charge is 0.00463 e. The van der Waals surface area contributed by atoms with Gasteiger partial charge >= 0.3 is 0 Å². The van der Waals surface area contributed by atoms with Gasteiger partial charge in [-0.25, -0.2) is 0 Å². The van der Waals surface area contributed by atoms with Gasteiger partial charge in [-0.3, -0.25) is 0 Å². The predicted molar refractivity (Wildman–Crippen MR) is 47.1 cm³/mol. The Morgan fingerprint density at radius 3 is 2.10 bits per heavy atom. The number of hydrogen-bond acceptors (Lipinski definition) is 1. The fourth-order valence-electron chi connectivity index (χ4n) is 1.29. The van der Waals surface area contributed by atoms with Crippen molar-refractivity contribution in [3.05, 3.63) is 13.2 Å². The van der Waals surface area contributed by atoms with E-state index in [0.717, 1.165) is 5.92 Å². The van der Waals surface area contributed by atoms with Gasteiger partial charge in [0, 0.05) is 0 Å². The van der Waals surface area contributed by atoms with Gasteiger partial charge in [0.1, 0.15) is 0 Å². The maximum atomic E-state index is 3.35. The van der Waals surface area contributed by atoms with Gasteiger partial charge in [-0.15, -0.1) is 13.2 Å². The fourth-order valence-corrected chi connectivity index (χ4v) is 1.29. The van der Waals surface area contributed by atoms with Crippen molar-refractivity contribution in [1.29, 1.82) is 0 Å². The third-order valence-corrected chi connectivity index (χ3v) is 2.04. The first-order chi connectivity index (χ1) is 4.93. The summed E-state index contributed by atoms with van der Waals surface area (Å²) in [4.78, 5) is 0. The third kappa shape index (κ3) is 3.67. The molecule has 1 N–H and O–H groups in total. The summed E-state index contributed by atoms with van der Waals surface area (Å²) in [5, 5.41) is 3.35. The summed E-state index contributed by atoms with van der Waals surface area (Å²) in [6, 6.07) is 0. The lowest BCUT2D eigenvalue weighted by Crippen LogP contribution is -2.27. The lowest BCUT2D eigenvalue weighted by Gasteiger charge is -2.20. The minimum absolute atomic E-state index is 1.02. The second-order valence-corrected chi connectivity index (χ2v) is 2.60. The average molecular weight is 141 g/mol. The molecule has 1 rings (SSSR count). The number of rotatable bonds is 1. The highest BCUT2D eigenvalue weighted by Crippen LogP contribution is 2.13. The number of nitrogens with one attached hydrogen (secondary N) is 1. The first kappa shape index (κ1) is 9.70. The highest BCUT2D eigenvalue weighted by molar-refractivity contribution is 4.66. The molecule has 0 bridgehead atoms. The van der Waals surface area contributed by atoms with E-state index in [2.05, 4.69) is 25.4 Å². The lowest BCUT2D eigenvalue weighted by atomic mass is 9.96. The molecule has 0 unspecified atom stereocenters. The zero-order valence-electron chi connectivity index (χ0n) is 7.03. The molecule has 1 fully saturated rings. The van der Waals surface area contributed by atoms with Gasteiger partial charge < -0.3 is 5.32 Å². The molecule has 1 nitrogen and oxygen atoms in total. The zero-order valence-corrected chi connectivity index (χ0v) is 7.03. The van der Waals surface area contributed by atoms with Crippen molar-refractivity contribution in [2.24, 2.45) is 5.92 Å². The van der Waals surface area contributed by atoms with E-state index in [-0.39, 0.29) is 0 Å². The maximum absolute atomic E-state index is 3.35. The molecular weight excluding hydrogens is 122 g/mol. The molecular formula is C9H19N. The highest BCUT2D eigenvalue weighted by Gasteiger charge is 2.08. The van der Waals surface area contributed by atoms with Gasteiger partial charge in [-0.1, -0.05) is 13.3 Å². The van der Waals surface area contributed by atoms with Crippen molar-refractivity contribution in [2.75, 3.05) is 13.1 Å². The minimum atomic E-state index is 1.02. The van der Waals surface area contributed by atoms with Crippen LogP contribution in [0.5, 0.6) is 0 Å². The standard InChI is InChI=1S/C7H15N.C2H4/c1-2-7-3-5-8-6-4-7;1-2/h7-8H,2-6H2,1H3;1-2H2. The molecule has 0 aromatic carbocycles. The lowest BCUT2D eigenvalue weighted by molar-refractivity contribution is 0.365. The Morgan fingerprint density at radius 1 is 1.30 bits per heavy atom. The molecule has 0 aliphatic carbocycles. The van der Waals surface area contributed by atoms with Gasteiger partial charge in [0.25, 0.3) is 0 Å². The molecule has 10 heavy (non-hydrogen) atoms. The Hall–Kier alpha value is -0.300. The molecule has 1 aliphatic rings. The number of hydrogen-bond donors (Lipinski definition) is 1. The zero-order chi connectivity index (χ0) is 7.82. The van der Waals surface area contributed by atoms with Crippen LogP contribution in [0.1, 0.15) is 26.2 Å². The van der Waals surface area contributed by atoms with E-state index < -0.39 is 0 Å². The van der Waals surface area contributed by atoms with Gasteiger partial charge in [0.15, 0.2) is 0 Å². The van der Waals surface area contributed by atoms with Crippen LogP contribution in [0.2, 0.25) is 0 Å². The Bertz CT molecular complexity index is 65.1. The molecule has 0 atom stereocenters. The van der Waals surface area contributed by atoms with Crippen molar-refractivity contribution in [1.82, 2.24) is 5.32 Å². The van der Waals surface area contributed by atoms with Crippen molar-refractivity contribution in [2.45, 2.75) is 26.2 Å². The van der Waals surface area contributed by atoms with Crippen LogP contribution in [-0.2, 0) is 0 Å². The minimum Gasteiger partial charge on any atom is -0.317 e. The molecule has 0 aromatic heterocycles. The van der Waals surface area contributed by atoms with E-state index in [0.29, 0.717) is 0 Å². The summed E-state index contributed by atoms with van der Waals surface area (Å²) in [6.07, 6.45) is 4.18. The van der Waals surface area contributed by atoms with Crippen LogP contribution in [0.15, 0.2) is 13.2 Å². The summed E-state index contributed by atoms with van der Waals surface area (Å²) in [5.41, 5.74) is 0. The van der Waals surface area contributed by atoms with Crippen LogP contribution >= 0.6 is 0 Å². The van der Waals surface area contributed by atoms with E-state index in [4.69, 9.17) is 0 Å². The highest BCUT2D eigenvalue weighted by atomic mass is 14.9. The van der Waals surface area contributed by atoms with Gasteiger partial charge in [-0.05, 0) is 31.8 Å². The van der Waals surface area contributed by atoms with Crippen molar-refractivity contribution >= 4 is 0 Å². The van der Waals surface area contributed by atoms with Gasteiger partial charge in [0.05, 0.1) is 0 Å². The van der Waals surface area contributed by atoms with Crippen LogP contribution in [-0.4, -0.2) is 13.1 Å². The molecule has 1 heterocycles. The summed E-state index contributed by atoms with van der Waals surface area (Å²) >= 11 is 0. The largest absolute Gasteiger partial charge is 0.317 e. The van der Waals surface area contributed by atoms with Crippen molar-refractivity contribution in [3.63, 3.8) is 0 Å². The van der Waals surface area contributed by atoms with Gasteiger partial charge in [0.2, 0.25) is 0 Å². The summed E-state index contributed by atoms with van der Waals surface area (Å²) in [6.45, 7) is 10.8. The van der Waals surface area contributed by atoms with Crippen LogP contribution in [0.4, 0.5) is 0 Å². The van der Waals surface area contributed by atoms with Crippen LogP contribution in [0, 0.1) is 5.92 Å². The summed E-state index contributed by atoms with van der Waals surface area (Å²) < 4.78 is 0. The molecule has 0 amide bonds. The van der Waals surface area contributed by atoms with Crippen molar-refractivity contribution in [3.8, 4) is 0 Å². The Morgan fingerprint density at radius 2 is 1.80 bits per heavy atom. The molecule has 1 heteroatoms. The monoisotopic (exact) mass is 141 g/mol. The molecule has 0 radical (unpaired) electrons. The van der Waals surface area contributed by atoms with E-state index in [9.17, 15) is 0 Å². The topological polar surface area (TPSA) is 12.0 Å². The van der Waals surface area contributed by atoms with Crippen molar-refractivity contribution < 1.29 is 0 Å². The molecule has 0 saturated carbocycles. The third-order valence-electron chi connectivity index (χ3n) is 2.04. The average Bonchev–Trinajstić information content (AvgIpc) is 2.10. The Labute approximate surface area is 64.5 Å². The molecule has 1 aliphatic heterocycles. The molecule has 0 aromatic rings. The van der Waals surface area contributed by atoms with Gasteiger partial charge in [-0.2, -0.15) is 0 Å². The van der Waals surface area contributed by atoms with E-state index in [1.165, 1.54) is 32.4 Å². The van der Waals surface area contributed by atoms with E-state index in [1.807, 2.05) is 0 Å². The second kappa shape index (κ2) is 6.81. The van der Waals surface area contributed by atoms with Crippen LogP contribution in [0.25, 0.3) is 0 Å². The Balaban J connectivity index is 0.000000371. The summed E-state index contributed by atoms with van der Waals surface area (Å²) in [5.74, 6) is 1.02. The quantitative estimate of drug-likeness (QED) is 0.552. The Kier molecular flexibility index (Phi) is 6.61. The first-order valence-corrected chi connectivity index (χ1v) is 4.14. The normalized spacial score (nSPS) is 19.3. The second-order valence-electron chi connectivity index (χ2n) is 2.60. The van der Waals surface area contributed by atoms with E-state index >= 15 is 0 Å². The fraction of sp³-hybridized carbons (Fsp3) is 0.778. The van der Waals surface area contributed by atoms with Crippen LogP contribution in [0.3, 0.4) is 0 Å².